The molecule has 1 N–H and O–H groups in total. The topological polar surface area (TPSA) is 120 Å². The minimum atomic E-state index is -2.76. The van der Waals surface area contributed by atoms with Crippen LogP contribution in [0.1, 0.15) is 13.3 Å². The first-order valence-electron chi connectivity index (χ1n) is 3.78. The quantitative estimate of drug-likeness (QED) is 0.291. The number of thiol groups is 1. The van der Waals surface area contributed by atoms with Crippen molar-refractivity contribution in [3.63, 3.8) is 0 Å². The van der Waals surface area contributed by atoms with Crippen molar-refractivity contribution in [1.29, 1.82) is 0 Å². The van der Waals surface area contributed by atoms with Crippen LogP contribution in [0.5, 0.6) is 0 Å². The monoisotopic (exact) mass is 221 g/mol. The van der Waals surface area contributed by atoms with Gasteiger partial charge in [-0.05, 0) is 18.9 Å². The molecule has 0 aliphatic rings. The number of hydrogen-bond acceptors (Lipinski definition) is 4. The number of carboxylic acid groups (broad SMARTS) is 1. The fraction of sp³-hybridized carbons (Fsp3) is 0.833. The van der Waals surface area contributed by atoms with Gasteiger partial charge in [-0.15, -0.1) is 0 Å². The molecule has 0 aliphatic heterocycles. The first-order valence-corrected chi connectivity index (χ1v) is 5.15. The lowest BCUT2D eigenvalue weighted by Gasteiger charge is -2.20. The van der Waals surface area contributed by atoms with Gasteiger partial charge in [0.1, 0.15) is 10.7 Å². The predicted molar refractivity (Wildman–Crippen MR) is 49.6 cm³/mol. The van der Waals surface area contributed by atoms with E-state index in [0.29, 0.717) is 0 Å². The second kappa shape index (κ2) is 5.46. The number of nitrogens with zero attached hydrogens (tertiary/aromatic N) is 3. The number of aliphatic carboxylic acids is 1. The Morgan fingerprint density at radius 2 is 2.21 bits per heavy atom. The van der Waals surface area contributed by atoms with E-state index in [2.05, 4.69) is 10.0 Å². The summed E-state index contributed by atoms with van der Waals surface area (Å²) in [7, 11) is -2.76. The smallest absolute Gasteiger partial charge is 0.310 e. The van der Waals surface area contributed by atoms with E-state index < -0.39 is 27.8 Å². The van der Waals surface area contributed by atoms with E-state index in [1.807, 2.05) is 0 Å². The van der Waals surface area contributed by atoms with Crippen molar-refractivity contribution in [2.75, 3.05) is 12.3 Å². The van der Waals surface area contributed by atoms with Crippen molar-refractivity contribution in [2.45, 2.75) is 13.3 Å². The Labute approximate surface area is 82.3 Å². The van der Waals surface area contributed by atoms with E-state index in [0.717, 1.165) is 0 Å². The summed E-state index contributed by atoms with van der Waals surface area (Å²) in [4.78, 5) is 13.2. The zero-order chi connectivity index (χ0) is 11.2. The van der Waals surface area contributed by atoms with Gasteiger partial charge in [-0.2, -0.15) is 0 Å². The summed E-state index contributed by atoms with van der Waals surface area (Å²) in [5, 5.41) is 11.9. The normalized spacial score (nSPS) is 14.4. The summed E-state index contributed by atoms with van der Waals surface area (Å²) in [5.74, 6) is -1.65. The van der Waals surface area contributed by atoms with E-state index >= 15 is 0 Å². The fourth-order valence-corrected chi connectivity index (χ4v) is 1.74. The second-order valence-corrected chi connectivity index (χ2v) is 4.04. The molecule has 0 aliphatic carbocycles. The van der Waals surface area contributed by atoms with E-state index in [9.17, 15) is 13.2 Å². The van der Waals surface area contributed by atoms with Gasteiger partial charge < -0.3 is 5.11 Å². The highest BCUT2D eigenvalue weighted by Gasteiger charge is 2.33. The molecule has 0 fully saturated rings. The summed E-state index contributed by atoms with van der Waals surface area (Å²) in [5.41, 5.74) is 6.60. The number of hydrogen-bond donors (Lipinski definition) is 2. The van der Waals surface area contributed by atoms with Crippen molar-refractivity contribution in [3.8, 4) is 0 Å². The third-order valence-corrected chi connectivity index (χ3v) is 2.78. The zero-order valence-electron chi connectivity index (χ0n) is 7.58. The van der Waals surface area contributed by atoms with Gasteiger partial charge in [0.2, 0.25) is 0 Å². The Morgan fingerprint density at radius 1 is 1.64 bits per heavy atom. The van der Waals surface area contributed by atoms with Gasteiger partial charge in [-0.1, -0.05) is 5.11 Å². The van der Waals surface area contributed by atoms with E-state index in [1.165, 1.54) is 6.92 Å². The molecule has 0 rings (SSSR count). The Balaban J connectivity index is 4.54. The Morgan fingerprint density at radius 3 is 2.57 bits per heavy atom. The highest BCUT2D eigenvalue weighted by Crippen LogP contribution is 2.22. The summed E-state index contributed by atoms with van der Waals surface area (Å²) in [6, 6.07) is 0. The number of carboxylic acids is 1. The molecule has 0 aromatic heterocycles. The average molecular weight is 221 g/mol. The molecule has 0 aromatic rings. The molecule has 7 nitrogen and oxygen atoms in total. The SMILES string of the molecule is C[C@](CCN=[N+]=[N-])(C[SH](=O)=O)C(=O)O. The lowest BCUT2D eigenvalue weighted by atomic mass is 9.89. The van der Waals surface area contributed by atoms with E-state index in [4.69, 9.17) is 10.6 Å². The van der Waals surface area contributed by atoms with Gasteiger partial charge in [0, 0.05) is 11.5 Å². The average Bonchev–Trinajstić information content (AvgIpc) is 2.03. The minimum Gasteiger partial charge on any atom is -0.481 e. The van der Waals surface area contributed by atoms with Crippen molar-refractivity contribution >= 4 is 16.7 Å². The Hall–Kier alpha value is -1.27. The first kappa shape index (κ1) is 12.7. The van der Waals surface area contributed by atoms with Crippen molar-refractivity contribution < 1.29 is 18.3 Å². The maximum absolute atomic E-state index is 10.7. The van der Waals surface area contributed by atoms with Crippen molar-refractivity contribution in [1.82, 2.24) is 0 Å². The van der Waals surface area contributed by atoms with Crippen LogP contribution in [0.4, 0.5) is 0 Å². The molecule has 8 heteroatoms. The zero-order valence-corrected chi connectivity index (χ0v) is 8.48. The van der Waals surface area contributed by atoms with Gasteiger partial charge in [0.25, 0.3) is 0 Å². The summed E-state index contributed by atoms with van der Waals surface area (Å²) >= 11 is 0. The van der Waals surface area contributed by atoms with Gasteiger partial charge in [-0.3, -0.25) is 4.79 Å². The molecule has 14 heavy (non-hydrogen) atoms. The van der Waals surface area contributed by atoms with Gasteiger partial charge in [0.05, 0.1) is 11.2 Å². The summed E-state index contributed by atoms with van der Waals surface area (Å²) < 4.78 is 20.8. The van der Waals surface area contributed by atoms with Crippen LogP contribution in [0.25, 0.3) is 10.4 Å². The third kappa shape index (κ3) is 4.11. The van der Waals surface area contributed by atoms with Crippen molar-refractivity contribution in [2.24, 2.45) is 10.5 Å². The molecule has 0 unspecified atom stereocenters. The molecular formula is C6H11N3O4S. The van der Waals surface area contributed by atoms with Crippen LogP contribution in [0.3, 0.4) is 0 Å². The lowest BCUT2D eigenvalue weighted by Crippen LogP contribution is -2.32. The van der Waals surface area contributed by atoms with Crippen LogP contribution in [0, 0.1) is 5.41 Å². The number of rotatable bonds is 6. The van der Waals surface area contributed by atoms with Crippen molar-refractivity contribution in [3.05, 3.63) is 10.4 Å². The standard InChI is InChI=1S/C6H11N3O4S/c1-6(5(10)11,4-14(12)13)2-3-8-9-7/h14H,2-4H2,1H3,(H,10,11)/t6-/m0/s1. The van der Waals surface area contributed by atoms with Crippen LogP contribution in [0.2, 0.25) is 0 Å². The molecule has 80 valence electrons. The maximum atomic E-state index is 10.7. The molecule has 0 radical (unpaired) electrons. The molecule has 1 atom stereocenters. The van der Waals surface area contributed by atoms with Gasteiger partial charge >= 0.3 is 5.97 Å². The van der Waals surface area contributed by atoms with Crippen LogP contribution < -0.4 is 0 Å². The molecule has 0 heterocycles. The molecule has 0 spiro atoms. The van der Waals surface area contributed by atoms with Gasteiger partial charge in [-0.25, -0.2) is 8.42 Å². The van der Waals surface area contributed by atoms with Crippen LogP contribution in [-0.2, 0) is 15.5 Å². The molecule has 0 aromatic carbocycles. The molecule has 0 amide bonds. The lowest BCUT2D eigenvalue weighted by molar-refractivity contribution is -0.146. The summed E-state index contributed by atoms with van der Waals surface area (Å²) in [6.07, 6.45) is 0.00963. The molecule has 0 saturated carbocycles. The Bertz CT molecular complexity index is 326. The van der Waals surface area contributed by atoms with Crippen LogP contribution in [-0.4, -0.2) is 31.8 Å². The van der Waals surface area contributed by atoms with Crippen LogP contribution >= 0.6 is 0 Å². The number of carbonyl (C=O) groups is 1. The third-order valence-electron chi connectivity index (χ3n) is 1.82. The Kier molecular flexibility index (Phi) is 4.96. The molecular weight excluding hydrogens is 210 g/mol. The highest BCUT2D eigenvalue weighted by molar-refractivity contribution is 7.72. The van der Waals surface area contributed by atoms with E-state index in [1.54, 1.807) is 0 Å². The molecule has 0 saturated heterocycles. The van der Waals surface area contributed by atoms with Crippen LogP contribution in [0.15, 0.2) is 5.11 Å². The largest absolute Gasteiger partial charge is 0.481 e. The highest BCUT2D eigenvalue weighted by atomic mass is 32.2. The minimum absolute atomic E-state index is 0.00963. The maximum Gasteiger partial charge on any atom is 0.310 e. The van der Waals surface area contributed by atoms with E-state index in [-0.39, 0.29) is 13.0 Å². The second-order valence-electron chi connectivity index (χ2n) is 3.06. The predicted octanol–water partition coefficient (Wildman–Crippen LogP) is 0.389. The fourth-order valence-electron chi connectivity index (χ4n) is 0.880. The molecule has 0 bridgehead atoms. The number of azide groups is 1. The summed E-state index contributed by atoms with van der Waals surface area (Å²) in [6.45, 7) is 1.29. The van der Waals surface area contributed by atoms with Gasteiger partial charge in [0.15, 0.2) is 0 Å². The first-order chi connectivity index (χ1) is 6.42.